The molecule has 0 aromatic heterocycles. The van der Waals surface area contributed by atoms with Gasteiger partial charge in [0.25, 0.3) is 0 Å². The molecule has 0 radical (unpaired) electrons. The molecule has 9 heteroatoms. The van der Waals surface area contributed by atoms with E-state index in [9.17, 15) is 26.3 Å². The van der Waals surface area contributed by atoms with Gasteiger partial charge in [-0.2, -0.15) is 13.2 Å². The third-order valence-corrected chi connectivity index (χ3v) is 3.36. The van der Waals surface area contributed by atoms with E-state index < -0.39 is 29.9 Å². The van der Waals surface area contributed by atoms with Crippen LogP contribution in [0, 0.1) is 0 Å². The van der Waals surface area contributed by atoms with Crippen molar-refractivity contribution in [1.29, 1.82) is 0 Å². The van der Waals surface area contributed by atoms with Gasteiger partial charge in [0.05, 0.1) is 11.6 Å². The van der Waals surface area contributed by atoms with Crippen LogP contribution in [0.2, 0.25) is 5.02 Å². The number of nitrogens with two attached hydrogens (primary N) is 1. The van der Waals surface area contributed by atoms with Crippen molar-refractivity contribution >= 4 is 11.6 Å². The molecule has 0 fully saturated rings. The van der Waals surface area contributed by atoms with Crippen LogP contribution in [-0.4, -0.2) is 6.36 Å². The van der Waals surface area contributed by atoms with E-state index >= 15 is 0 Å². The molecule has 0 amide bonds. The maximum atomic E-state index is 13.1. The second-order valence-electron chi connectivity index (χ2n) is 4.82. The molecule has 1 atom stereocenters. The monoisotopic (exact) mass is 369 g/mol. The number of rotatable bonds is 3. The molecule has 0 unspecified atom stereocenters. The molecule has 2 aromatic rings. The highest BCUT2D eigenvalue weighted by Crippen LogP contribution is 2.37. The zero-order chi connectivity index (χ0) is 18.1. The topological polar surface area (TPSA) is 35.2 Å². The quantitative estimate of drug-likeness (QED) is 0.745. The average Bonchev–Trinajstić information content (AvgIpc) is 2.44. The minimum absolute atomic E-state index is 0.104. The van der Waals surface area contributed by atoms with Crippen molar-refractivity contribution in [2.75, 3.05) is 0 Å². The van der Waals surface area contributed by atoms with Crippen molar-refractivity contribution in [1.82, 2.24) is 0 Å². The van der Waals surface area contributed by atoms with Crippen molar-refractivity contribution in [3.63, 3.8) is 0 Å². The van der Waals surface area contributed by atoms with Gasteiger partial charge in [0, 0.05) is 5.02 Å². The number of alkyl halides is 6. The van der Waals surface area contributed by atoms with Crippen LogP contribution in [0.5, 0.6) is 5.75 Å². The highest BCUT2D eigenvalue weighted by Gasteiger charge is 2.35. The van der Waals surface area contributed by atoms with E-state index in [4.69, 9.17) is 17.3 Å². The Balaban J connectivity index is 2.34. The molecule has 0 saturated heterocycles. The smallest absolute Gasteiger partial charge is 0.406 e. The summed E-state index contributed by atoms with van der Waals surface area (Å²) >= 11 is 5.59. The first kappa shape index (κ1) is 18.4. The number of halogens is 7. The fraction of sp³-hybridized carbons (Fsp3) is 0.200. The lowest BCUT2D eigenvalue weighted by Gasteiger charge is -2.19. The van der Waals surface area contributed by atoms with E-state index in [-0.39, 0.29) is 16.1 Å². The van der Waals surface area contributed by atoms with E-state index in [1.807, 2.05) is 0 Å². The van der Waals surface area contributed by atoms with Crippen LogP contribution in [0.25, 0.3) is 0 Å². The van der Waals surface area contributed by atoms with E-state index in [2.05, 4.69) is 4.74 Å². The summed E-state index contributed by atoms with van der Waals surface area (Å²) in [5.74, 6) is -0.495. The van der Waals surface area contributed by atoms with Crippen molar-refractivity contribution in [3.8, 4) is 5.75 Å². The Morgan fingerprint density at radius 1 is 0.917 bits per heavy atom. The summed E-state index contributed by atoms with van der Waals surface area (Å²) in [7, 11) is 0. The Labute approximate surface area is 137 Å². The first-order chi connectivity index (χ1) is 11.0. The summed E-state index contributed by atoms with van der Waals surface area (Å²) < 4.78 is 79.3. The number of ether oxygens (including phenoxy) is 1. The van der Waals surface area contributed by atoms with Gasteiger partial charge in [-0.1, -0.05) is 29.8 Å². The Hall–Kier alpha value is -1.93. The van der Waals surface area contributed by atoms with Gasteiger partial charge in [-0.15, -0.1) is 13.2 Å². The SMILES string of the molecule is N[C@H](c1ccc(OC(F)(F)F)cc1)c1ccc(Cl)cc1C(F)(F)F. The second kappa shape index (κ2) is 6.52. The minimum Gasteiger partial charge on any atom is -0.406 e. The lowest BCUT2D eigenvalue weighted by Crippen LogP contribution is -2.19. The van der Waals surface area contributed by atoms with Gasteiger partial charge in [-0.05, 0) is 35.4 Å². The lowest BCUT2D eigenvalue weighted by atomic mass is 9.95. The van der Waals surface area contributed by atoms with Gasteiger partial charge in [0.15, 0.2) is 0 Å². The molecule has 0 saturated carbocycles. The molecule has 0 spiro atoms. The van der Waals surface area contributed by atoms with Gasteiger partial charge in [-0.3, -0.25) is 0 Å². The Morgan fingerprint density at radius 3 is 2.00 bits per heavy atom. The molecular weight excluding hydrogens is 360 g/mol. The Kier molecular flexibility index (Phi) is 5.00. The maximum absolute atomic E-state index is 13.1. The molecule has 0 bridgehead atoms. The summed E-state index contributed by atoms with van der Waals surface area (Å²) in [5.41, 5.74) is 4.79. The van der Waals surface area contributed by atoms with Crippen LogP contribution >= 0.6 is 11.6 Å². The maximum Gasteiger partial charge on any atom is 0.573 e. The van der Waals surface area contributed by atoms with Crippen LogP contribution in [0.15, 0.2) is 42.5 Å². The first-order valence-corrected chi connectivity index (χ1v) is 6.83. The Morgan fingerprint density at radius 2 is 1.50 bits per heavy atom. The van der Waals surface area contributed by atoms with Crippen molar-refractivity contribution in [2.24, 2.45) is 5.73 Å². The third-order valence-electron chi connectivity index (χ3n) is 3.13. The number of hydrogen-bond donors (Lipinski definition) is 1. The molecule has 0 aliphatic carbocycles. The van der Waals surface area contributed by atoms with Gasteiger partial charge in [-0.25, -0.2) is 0 Å². The molecular formula is C15H10ClF6NO. The van der Waals surface area contributed by atoms with Crippen LogP contribution < -0.4 is 10.5 Å². The summed E-state index contributed by atoms with van der Waals surface area (Å²) in [5, 5.41) is -0.104. The third kappa shape index (κ3) is 4.55. The molecule has 0 aliphatic rings. The molecule has 0 heterocycles. The van der Waals surface area contributed by atoms with E-state index in [1.165, 1.54) is 18.2 Å². The van der Waals surface area contributed by atoms with Gasteiger partial charge >= 0.3 is 12.5 Å². The summed E-state index contributed by atoms with van der Waals surface area (Å²) in [4.78, 5) is 0. The standard InChI is InChI=1S/C15H10ClF6NO/c16-9-3-6-11(12(7-9)14(17,18)19)13(23)8-1-4-10(5-2-8)24-15(20,21)22/h1-7,13H,23H2/t13-/m1/s1. The molecule has 2 rings (SSSR count). The van der Waals surface area contributed by atoms with Gasteiger partial charge in [0.2, 0.25) is 0 Å². The van der Waals surface area contributed by atoms with Crippen LogP contribution in [0.4, 0.5) is 26.3 Å². The fourth-order valence-electron chi connectivity index (χ4n) is 2.10. The molecule has 24 heavy (non-hydrogen) atoms. The molecule has 2 nitrogen and oxygen atoms in total. The van der Waals surface area contributed by atoms with Gasteiger partial charge < -0.3 is 10.5 Å². The van der Waals surface area contributed by atoms with Crippen LogP contribution in [0.1, 0.15) is 22.7 Å². The lowest BCUT2D eigenvalue weighted by molar-refractivity contribution is -0.274. The zero-order valence-electron chi connectivity index (χ0n) is 11.8. The fourth-order valence-corrected chi connectivity index (χ4v) is 2.27. The highest BCUT2D eigenvalue weighted by molar-refractivity contribution is 6.30. The average molecular weight is 370 g/mol. The minimum atomic E-state index is -4.86. The predicted molar refractivity (Wildman–Crippen MR) is 75.6 cm³/mol. The number of benzene rings is 2. The largest absolute Gasteiger partial charge is 0.573 e. The van der Waals surface area contributed by atoms with Crippen LogP contribution in [0.3, 0.4) is 0 Å². The first-order valence-electron chi connectivity index (χ1n) is 6.45. The highest BCUT2D eigenvalue weighted by atomic mass is 35.5. The van der Waals surface area contributed by atoms with Crippen molar-refractivity contribution in [2.45, 2.75) is 18.6 Å². The molecule has 2 aromatic carbocycles. The van der Waals surface area contributed by atoms with Crippen molar-refractivity contribution in [3.05, 3.63) is 64.2 Å². The van der Waals surface area contributed by atoms with Crippen LogP contribution in [-0.2, 0) is 6.18 Å². The number of hydrogen-bond acceptors (Lipinski definition) is 2. The van der Waals surface area contributed by atoms with E-state index in [1.54, 1.807) is 0 Å². The second-order valence-corrected chi connectivity index (χ2v) is 5.26. The predicted octanol–water partition coefficient (Wildman–Crippen LogP) is 5.31. The molecule has 2 N–H and O–H groups in total. The van der Waals surface area contributed by atoms with Gasteiger partial charge in [0.1, 0.15) is 5.75 Å². The normalized spacial score (nSPS) is 13.7. The zero-order valence-corrected chi connectivity index (χ0v) is 12.5. The van der Waals surface area contributed by atoms with E-state index in [0.717, 1.165) is 24.3 Å². The van der Waals surface area contributed by atoms with Crippen molar-refractivity contribution < 1.29 is 31.1 Å². The van der Waals surface area contributed by atoms with E-state index in [0.29, 0.717) is 0 Å². The summed E-state index contributed by atoms with van der Waals surface area (Å²) in [6, 6.07) is 6.23. The summed E-state index contributed by atoms with van der Waals surface area (Å²) in [6.07, 6.45) is -9.53. The molecule has 0 aliphatic heterocycles. The summed E-state index contributed by atoms with van der Waals surface area (Å²) in [6.45, 7) is 0. The molecule has 130 valence electrons. The Bertz CT molecular complexity index is 711.